The molecule has 6 rings (SSSR count). The van der Waals surface area contributed by atoms with E-state index in [2.05, 4.69) is 11.9 Å². The minimum Gasteiger partial charge on any atom is -0.458 e. The van der Waals surface area contributed by atoms with Crippen molar-refractivity contribution >= 4 is 23.2 Å². The number of carbonyl (C=O) groups is 2. The Morgan fingerprint density at radius 2 is 1.89 bits per heavy atom. The van der Waals surface area contributed by atoms with Crippen molar-refractivity contribution in [2.24, 2.45) is 23.2 Å². The Kier molecular flexibility index (Phi) is 4.73. The van der Waals surface area contributed by atoms with Crippen LogP contribution < -0.4 is 0 Å². The van der Waals surface area contributed by atoms with Gasteiger partial charge in [0.2, 0.25) is 5.91 Å². The molecule has 5 aliphatic rings. The van der Waals surface area contributed by atoms with Crippen LogP contribution in [0.2, 0.25) is 0 Å². The summed E-state index contributed by atoms with van der Waals surface area (Å²) in [5, 5.41) is 3.02. The Morgan fingerprint density at radius 1 is 1.21 bits per heavy atom. The monoisotopic (exact) mass is 402 g/mol. The molecular weight excluding hydrogens is 372 g/mol. The third-order valence-electron chi connectivity index (χ3n) is 7.54. The lowest BCUT2D eigenvalue weighted by molar-refractivity contribution is -0.166. The number of aryl methyl sites for hydroxylation is 1. The van der Waals surface area contributed by atoms with Gasteiger partial charge in [-0.05, 0) is 75.5 Å². The van der Waals surface area contributed by atoms with Crippen molar-refractivity contribution in [2.75, 3.05) is 6.54 Å². The second-order valence-electron chi connectivity index (χ2n) is 9.55. The molecule has 1 aromatic heterocycles. The molecule has 1 aromatic rings. The van der Waals surface area contributed by atoms with E-state index in [0.29, 0.717) is 6.54 Å². The zero-order chi connectivity index (χ0) is 19.3. The number of esters is 1. The van der Waals surface area contributed by atoms with Gasteiger partial charge in [0.15, 0.2) is 0 Å². The summed E-state index contributed by atoms with van der Waals surface area (Å²) < 4.78 is 5.58. The largest absolute Gasteiger partial charge is 0.458 e. The minimum absolute atomic E-state index is 0.178. The van der Waals surface area contributed by atoms with Gasteiger partial charge in [0.25, 0.3) is 0 Å². The Hall–Kier alpha value is -1.43. The molecule has 0 aromatic carbocycles. The van der Waals surface area contributed by atoms with Crippen LogP contribution in [0.4, 0.5) is 0 Å². The highest BCUT2D eigenvalue weighted by Gasteiger charge is 2.56. The van der Waals surface area contributed by atoms with Crippen LogP contribution in [0.25, 0.3) is 0 Å². The minimum atomic E-state index is -0.398. The molecule has 28 heavy (non-hydrogen) atoms. The number of likely N-dealkylation sites (tertiary alicyclic amines) is 1. The van der Waals surface area contributed by atoms with Gasteiger partial charge in [-0.1, -0.05) is 6.92 Å². The Labute approximate surface area is 170 Å². The van der Waals surface area contributed by atoms with Gasteiger partial charge in [-0.15, -0.1) is 11.3 Å². The van der Waals surface area contributed by atoms with E-state index in [0.717, 1.165) is 67.0 Å². The molecule has 6 heteroatoms. The van der Waals surface area contributed by atoms with E-state index in [1.165, 1.54) is 19.3 Å². The molecule has 1 unspecified atom stereocenters. The van der Waals surface area contributed by atoms with Crippen molar-refractivity contribution in [2.45, 2.75) is 77.4 Å². The van der Waals surface area contributed by atoms with Crippen LogP contribution in [-0.4, -0.2) is 34.3 Å². The lowest BCUT2D eigenvalue weighted by Gasteiger charge is -2.56. The first kappa shape index (κ1) is 18.6. The number of ether oxygens (including phenoxy) is 1. The molecule has 4 aliphatic carbocycles. The van der Waals surface area contributed by atoms with E-state index < -0.39 is 6.04 Å². The van der Waals surface area contributed by atoms with Crippen LogP contribution >= 0.6 is 11.3 Å². The van der Waals surface area contributed by atoms with Gasteiger partial charge < -0.3 is 9.64 Å². The molecular formula is C22H30N2O3S. The van der Waals surface area contributed by atoms with Crippen LogP contribution in [0.3, 0.4) is 0 Å². The second kappa shape index (κ2) is 7.12. The molecule has 4 bridgehead atoms. The maximum atomic E-state index is 13.6. The summed E-state index contributed by atoms with van der Waals surface area (Å²) in [6.07, 6.45) is 9.65. The number of hydrogen-bond donors (Lipinski definition) is 0. The van der Waals surface area contributed by atoms with Crippen molar-refractivity contribution in [3.05, 3.63) is 16.1 Å². The molecule has 5 nitrogen and oxygen atoms in total. The van der Waals surface area contributed by atoms with Crippen LogP contribution in [-0.2, 0) is 27.4 Å². The zero-order valence-corrected chi connectivity index (χ0v) is 17.5. The highest BCUT2D eigenvalue weighted by Crippen LogP contribution is 2.60. The van der Waals surface area contributed by atoms with Crippen molar-refractivity contribution in [1.29, 1.82) is 0 Å². The smallest absolute Gasteiger partial charge is 0.329 e. The van der Waals surface area contributed by atoms with Crippen LogP contribution in [0.15, 0.2) is 5.38 Å². The standard InChI is InChI=1S/C22H30N2O3S/c1-2-19-23-17(13-28-19)12-27-20(25)18-4-3-5-24(18)21(26)22-9-14-6-15(10-22)8-16(7-14)11-22/h13-16,18H,2-12H2,1H3. The molecule has 1 amide bonds. The van der Waals surface area contributed by atoms with E-state index in [1.807, 2.05) is 10.3 Å². The molecule has 0 radical (unpaired) electrons. The van der Waals surface area contributed by atoms with E-state index in [4.69, 9.17) is 4.74 Å². The van der Waals surface area contributed by atoms with Gasteiger partial charge in [-0.2, -0.15) is 0 Å². The van der Waals surface area contributed by atoms with Crippen LogP contribution in [0.1, 0.15) is 69.0 Å². The first-order chi connectivity index (χ1) is 13.6. The van der Waals surface area contributed by atoms with Crippen molar-refractivity contribution < 1.29 is 14.3 Å². The maximum absolute atomic E-state index is 13.6. The predicted octanol–water partition coefficient (Wildman–Crippen LogP) is 3.96. The molecule has 1 saturated heterocycles. The summed E-state index contributed by atoms with van der Waals surface area (Å²) in [6, 6.07) is -0.398. The fourth-order valence-electron chi connectivity index (χ4n) is 6.75. The van der Waals surface area contributed by atoms with Crippen LogP contribution in [0, 0.1) is 23.2 Å². The Bertz CT molecular complexity index is 738. The van der Waals surface area contributed by atoms with E-state index in [1.54, 1.807) is 11.3 Å². The third kappa shape index (κ3) is 3.17. The van der Waals surface area contributed by atoms with Crippen molar-refractivity contribution in [1.82, 2.24) is 9.88 Å². The van der Waals surface area contributed by atoms with Gasteiger partial charge in [0.1, 0.15) is 12.6 Å². The summed E-state index contributed by atoms with van der Waals surface area (Å²) >= 11 is 1.60. The fourth-order valence-corrected chi connectivity index (χ4v) is 7.48. The van der Waals surface area contributed by atoms with Gasteiger partial charge in [0.05, 0.1) is 16.1 Å². The number of thiazole rings is 1. The van der Waals surface area contributed by atoms with Crippen molar-refractivity contribution in [3.8, 4) is 0 Å². The molecule has 4 saturated carbocycles. The Balaban J connectivity index is 1.26. The first-order valence-corrected chi connectivity index (χ1v) is 11.9. The van der Waals surface area contributed by atoms with E-state index >= 15 is 0 Å². The van der Waals surface area contributed by atoms with Gasteiger partial charge >= 0.3 is 5.97 Å². The lowest BCUT2D eigenvalue weighted by atomic mass is 9.49. The average molecular weight is 403 g/mol. The maximum Gasteiger partial charge on any atom is 0.329 e. The van der Waals surface area contributed by atoms with Gasteiger partial charge in [-0.25, -0.2) is 9.78 Å². The Morgan fingerprint density at radius 3 is 2.50 bits per heavy atom. The number of aromatic nitrogens is 1. The quantitative estimate of drug-likeness (QED) is 0.700. The zero-order valence-electron chi connectivity index (χ0n) is 16.7. The SMILES string of the molecule is CCc1nc(COC(=O)C2CCCN2C(=O)C23CC4CC(CC(C4)C2)C3)cs1. The van der Waals surface area contributed by atoms with Gasteiger partial charge in [-0.3, -0.25) is 4.79 Å². The molecule has 1 atom stereocenters. The topological polar surface area (TPSA) is 59.5 Å². The number of carbonyl (C=O) groups excluding carboxylic acids is 2. The predicted molar refractivity (Wildman–Crippen MR) is 107 cm³/mol. The summed E-state index contributed by atoms with van der Waals surface area (Å²) in [5.74, 6) is 2.22. The summed E-state index contributed by atoms with van der Waals surface area (Å²) in [6.45, 7) is 2.99. The third-order valence-corrected chi connectivity index (χ3v) is 8.58. The molecule has 1 aliphatic heterocycles. The lowest BCUT2D eigenvalue weighted by Crippen LogP contribution is -2.56. The number of hydrogen-bond acceptors (Lipinski definition) is 5. The summed E-state index contributed by atoms with van der Waals surface area (Å²) in [7, 11) is 0. The molecule has 0 spiro atoms. The summed E-state index contributed by atoms with van der Waals surface area (Å²) in [5.41, 5.74) is 0.634. The second-order valence-corrected chi connectivity index (χ2v) is 10.5. The average Bonchev–Trinajstić information content (AvgIpc) is 3.33. The first-order valence-electron chi connectivity index (χ1n) is 11.0. The molecule has 5 fully saturated rings. The highest BCUT2D eigenvalue weighted by atomic mass is 32.1. The normalized spacial score (nSPS) is 36.1. The summed E-state index contributed by atoms with van der Waals surface area (Å²) in [4.78, 5) is 32.8. The number of nitrogens with zero attached hydrogens (tertiary/aromatic N) is 2. The fraction of sp³-hybridized carbons (Fsp3) is 0.773. The van der Waals surface area contributed by atoms with E-state index in [-0.39, 0.29) is 23.9 Å². The van der Waals surface area contributed by atoms with Crippen molar-refractivity contribution in [3.63, 3.8) is 0 Å². The number of rotatable bonds is 5. The highest BCUT2D eigenvalue weighted by molar-refractivity contribution is 7.09. The van der Waals surface area contributed by atoms with Crippen LogP contribution in [0.5, 0.6) is 0 Å². The number of amides is 1. The molecule has 2 heterocycles. The van der Waals surface area contributed by atoms with Gasteiger partial charge in [0, 0.05) is 11.9 Å². The molecule has 152 valence electrons. The molecule has 0 N–H and O–H groups in total. The van der Waals surface area contributed by atoms with E-state index in [9.17, 15) is 9.59 Å².